The van der Waals surface area contributed by atoms with Crippen molar-refractivity contribution in [3.8, 4) is 0 Å². The molecule has 216 valence electrons. The minimum atomic E-state index is -1.26. The highest BCUT2D eigenvalue weighted by atomic mass is 16.4. The van der Waals surface area contributed by atoms with Crippen LogP contribution in [0, 0.1) is 11.3 Å². The summed E-state index contributed by atoms with van der Waals surface area (Å²) in [5, 5.41) is 28.4. The summed E-state index contributed by atoms with van der Waals surface area (Å²) in [6.07, 6.45) is 0.633. The Kier molecular flexibility index (Phi) is 9.27. The van der Waals surface area contributed by atoms with Gasteiger partial charge >= 0.3 is 6.09 Å². The highest BCUT2D eigenvalue weighted by molar-refractivity contribution is 6.08. The summed E-state index contributed by atoms with van der Waals surface area (Å²) in [4.78, 5) is 39.8. The molecule has 1 aliphatic heterocycles. The number of carbonyl (C=O) groups excluding carboxylic acids is 2. The van der Waals surface area contributed by atoms with E-state index in [1.165, 1.54) is 4.90 Å². The van der Waals surface area contributed by atoms with Crippen molar-refractivity contribution in [2.45, 2.75) is 64.1 Å². The quantitative estimate of drug-likeness (QED) is 0.222. The van der Waals surface area contributed by atoms with E-state index in [1.807, 2.05) is 79.7 Å². The van der Waals surface area contributed by atoms with Crippen molar-refractivity contribution >= 4 is 34.6 Å². The Morgan fingerprint density at radius 3 is 2.37 bits per heavy atom. The third-order valence-electron chi connectivity index (χ3n) is 7.52. The van der Waals surface area contributed by atoms with E-state index in [0.29, 0.717) is 25.8 Å². The van der Waals surface area contributed by atoms with E-state index in [1.54, 1.807) is 0 Å². The third kappa shape index (κ3) is 6.85. The first kappa shape index (κ1) is 29.6. The molecule has 1 fully saturated rings. The molecule has 1 saturated heterocycles. The maximum atomic E-state index is 13.7. The van der Waals surface area contributed by atoms with Gasteiger partial charge in [-0.05, 0) is 54.0 Å². The second-order valence-corrected chi connectivity index (χ2v) is 11.2. The first-order valence-electron chi connectivity index (χ1n) is 14.1. The topological polar surface area (TPSA) is 135 Å². The average Bonchev–Trinajstić information content (AvgIpc) is 3.17. The molecule has 0 radical (unpaired) electrons. The van der Waals surface area contributed by atoms with Crippen LogP contribution in [0.15, 0.2) is 72.8 Å². The van der Waals surface area contributed by atoms with Crippen molar-refractivity contribution in [2.75, 3.05) is 6.54 Å². The first-order chi connectivity index (χ1) is 19.6. The number of fused-ring (bicyclic) bond motifs is 1. The lowest BCUT2D eigenvalue weighted by Crippen LogP contribution is -2.50. The molecule has 9 heteroatoms. The Balaban J connectivity index is 1.37. The molecule has 1 aliphatic rings. The van der Waals surface area contributed by atoms with Crippen LogP contribution in [0.1, 0.15) is 51.2 Å². The molecule has 9 nitrogen and oxygen atoms in total. The molecule has 0 saturated carbocycles. The van der Waals surface area contributed by atoms with E-state index in [0.717, 1.165) is 21.9 Å². The Morgan fingerprint density at radius 1 is 0.976 bits per heavy atom. The van der Waals surface area contributed by atoms with Crippen LogP contribution in [0.5, 0.6) is 0 Å². The number of benzene rings is 3. The van der Waals surface area contributed by atoms with Gasteiger partial charge in [-0.2, -0.15) is 0 Å². The molecule has 41 heavy (non-hydrogen) atoms. The van der Waals surface area contributed by atoms with E-state index >= 15 is 0 Å². The van der Waals surface area contributed by atoms with E-state index in [2.05, 4.69) is 29.8 Å². The second-order valence-electron chi connectivity index (χ2n) is 11.2. The van der Waals surface area contributed by atoms with Crippen LogP contribution in [-0.4, -0.2) is 52.5 Å². The maximum Gasteiger partial charge on any atom is 0.405 e. The monoisotopic (exact) mass is 557 g/mol. The maximum absolute atomic E-state index is 13.7. The Bertz CT molecular complexity index is 1400. The SMILES string of the molecule is CC(C)C[C@]1(c2ccccc2)NC(=N)N(CCC[C@H](C)NC(=O)[C@H](Cc2cccc3ccccc23)NC(=O)O)C1=O. The van der Waals surface area contributed by atoms with E-state index in [-0.39, 0.29) is 30.2 Å². The number of carboxylic acid groups (broad SMARTS) is 1. The number of carbonyl (C=O) groups is 3. The third-order valence-corrected chi connectivity index (χ3v) is 7.52. The molecule has 0 spiro atoms. The van der Waals surface area contributed by atoms with Gasteiger partial charge in [-0.1, -0.05) is 86.6 Å². The number of nitrogens with one attached hydrogen (secondary N) is 4. The first-order valence-corrected chi connectivity index (χ1v) is 14.1. The summed E-state index contributed by atoms with van der Waals surface area (Å²) in [5.74, 6) is -0.229. The van der Waals surface area contributed by atoms with Gasteiger partial charge in [0, 0.05) is 19.0 Å². The lowest BCUT2D eigenvalue weighted by molar-refractivity contribution is -0.132. The normalized spacial score (nSPS) is 18.3. The van der Waals surface area contributed by atoms with Gasteiger partial charge in [0.05, 0.1) is 0 Å². The van der Waals surface area contributed by atoms with E-state index < -0.39 is 23.6 Å². The molecule has 0 aromatic heterocycles. The van der Waals surface area contributed by atoms with Crippen molar-refractivity contribution in [1.82, 2.24) is 20.9 Å². The molecule has 3 atom stereocenters. The van der Waals surface area contributed by atoms with Crippen molar-refractivity contribution in [1.29, 1.82) is 5.41 Å². The summed E-state index contributed by atoms with van der Waals surface area (Å²) in [7, 11) is 0. The summed E-state index contributed by atoms with van der Waals surface area (Å²) < 4.78 is 0. The molecular weight excluding hydrogens is 518 g/mol. The van der Waals surface area contributed by atoms with Crippen LogP contribution in [0.25, 0.3) is 10.8 Å². The Hall–Kier alpha value is -4.40. The minimum absolute atomic E-state index is 0.0806. The molecule has 0 unspecified atom stereocenters. The van der Waals surface area contributed by atoms with Crippen LogP contribution in [-0.2, 0) is 21.5 Å². The fraction of sp³-hybridized carbons (Fsp3) is 0.375. The van der Waals surface area contributed by atoms with Crippen LogP contribution in [0.3, 0.4) is 0 Å². The highest BCUT2D eigenvalue weighted by Crippen LogP contribution is 2.35. The lowest BCUT2D eigenvalue weighted by atomic mass is 9.82. The van der Waals surface area contributed by atoms with Crippen LogP contribution >= 0.6 is 0 Å². The number of nitrogens with zero attached hydrogens (tertiary/aromatic N) is 1. The molecule has 0 aliphatic carbocycles. The van der Waals surface area contributed by atoms with Gasteiger partial charge in [0.25, 0.3) is 5.91 Å². The van der Waals surface area contributed by atoms with Crippen molar-refractivity contribution in [2.24, 2.45) is 5.92 Å². The summed E-state index contributed by atoms with van der Waals surface area (Å²) in [6, 6.07) is 21.9. The molecule has 3 amide bonds. The van der Waals surface area contributed by atoms with Crippen LogP contribution in [0.2, 0.25) is 0 Å². The standard InChI is InChI=1S/C32H39N5O4/c1-21(2)20-32(25-15-5-4-6-16-25)29(39)37(30(33)36-32)18-10-11-22(3)34-28(38)27(35-31(40)41)19-24-14-9-13-23-12-7-8-17-26(23)24/h4-9,12-17,21-22,27,35H,10-11,18-20H2,1-3H3,(H2,33,36)(H,34,38)(H,40,41)/t22-,27-,32+/m0/s1. The molecule has 3 aromatic rings. The highest BCUT2D eigenvalue weighted by Gasteiger charge is 2.50. The molecule has 4 rings (SSSR count). The molecule has 0 bridgehead atoms. The second kappa shape index (κ2) is 12.8. The number of hydrogen-bond acceptors (Lipinski definition) is 4. The Morgan fingerprint density at radius 2 is 1.66 bits per heavy atom. The predicted molar refractivity (Wildman–Crippen MR) is 160 cm³/mol. The zero-order valence-corrected chi connectivity index (χ0v) is 23.8. The number of rotatable bonds is 12. The lowest BCUT2D eigenvalue weighted by Gasteiger charge is -2.29. The fourth-order valence-electron chi connectivity index (χ4n) is 5.68. The van der Waals surface area contributed by atoms with Gasteiger partial charge in [0.15, 0.2) is 5.96 Å². The van der Waals surface area contributed by atoms with Crippen LogP contribution < -0.4 is 16.0 Å². The predicted octanol–water partition coefficient (Wildman–Crippen LogP) is 4.61. The van der Waals surface area contributed by atoms with Gasteiger partial charge in [-0.15, -0.1) is 0 Å². The molecule has 5 N–H and O–H groups in total. The van der Waals surface area contributed by atoms with Crippen molar-refractivity contribution < 1.29 is 19.5 Å². The average molecular weight is 558 g/mol. The van der Waals surface area contributed by atoms with Gasteiger partial charge in [0.2, 0.25) is 5.91 Å². The zero-order chi connectivity index (χ0) is 29.6. The van der Waals surface area contributed by atoms with Gasteiger partial charge < -0.3 is 21.1 Å². The zero-order valence-electron chi connectivity index (χ0n) is 23.8. The minimum Gasteiger partial charge on any atom is -0.465 e. The van der Waals surface area contributed by atoms with Gasteiger partial charge in [0.1, 0.15) is 11.6 Å². The van der Waals surface area contributed by atoms with Crippen molar-refractivity contribution in [3.05, 3.63) is 83.9 Å². The summed E-state index contributed by atoms with van der Waals surface area (Å²) >= 11 is 0. The van der Waals surface area contributed by atoms with Gasteiger partial charge in [-0.3, -0.25) is 19.9 Å². The Labute approximate surface area is 240 Å². The number of amides is 3. The molecule has 3 aromatic carbocycles. The van der Waals surface area contributed by atoms with Gasteiger partial charge in [-0.25, -0.2) is 4.79 Å². The number of guanidine groups is 1. The smallest absolute Gasteiger partial charge is 0.405 e. The molecule has 1 heterocycles. The van der Waals surface area contributed by atoms with Crippen molar-refractivity contribution in [3.63, 3.8) is 0 Å². The summed E-state index contributed by atoms with van der Waals surface area (Å²) in [5.41, 5.74) is 0.755. The summed E-state index contributed by atoms with van der Waals surface area (Å²) in [6.45, 7) is 6.31. The number of hydrogen-bond donors (Lipinski definition) is 5. The van der Waals surface area contributed by atoms with Crippen LogP contribution in [0.4, 0.5) is 4.79 Å². The van der Waals surface area contributed by atoms with E-state index in [9.17, 15) is 19.5 Å². The van der Waals surface area contributed by atoms with E-state index in [4.69, 9.17) is 5.41 Å². The largest absolute Gasteiger partial charge is 0.465 e. The molecular formula is C32H39N5O4. The fourth-order valence-corrected chi connectivity index (χ4v) is 5.68.